The van der Waals surface area contributed by atoms with Gasteiger partial charge in [0.15, 0.2) is 5.82 Å². The number of piperazine rings is 1. The van der Waals surface area contributed by atoms with Crippen LogP contribution >= 0.6 is 0 Å². The minimum absolute atomic E-state index is 0.464. The second-order valence-electron chi connectivity index (χ2n) is 6.26. The van der Waals surface area contributed by atoms with Crippen LogP contribution in [0.15, 0.2) is 30.7 Å². The molecule has 1 aliphatic heterocycles. The molecule has 1 aliphatic rings. The largest absolute Gasteiger partial charge is 0.377 e. The molecule has 3 rings (SSSR count). The van der Waals surface area contributed by atoms with Crippen molar-refractivity contribution in [3.8, 4) is 0 Å². The number of aryl methyl sites for hydroxylation is 1. The molecular weight excluding hydrogens is 302 g/mol. The van der Waals surface area contributed by atoms with E-state index in [1.54, 1.807) is 7.11 Å². The minimum atomic E-state index is 0.464. The summed E-state index contributed by atoms with van der Waals surface area (Å²) in [5, 5.41) is 0. The zero-order valence-corrected chi connectivity index (χ0v) is 14.5. The number of pyridine rings is 1. The maximum Gasteiger partial charge on any atom is 0.153 e. The van der Waals surface area contributed by atoms with Crippen LogP contribution in [-0.4, -0.2) is 58.0 Å². The van der Waals surface area contributed by atoms with Crippen molar-refractivity contribution in [3.63, 3.8) is 0 Å². The van der Waals surface area contributed by atoms with Crippen molar-refractivity contribution in [3.05, 3.63) is 53.4 Å². The van der Waals surface area contributed by atoms with E-state index in [9.17, 15) is 0 Å². The van der Waals surface area contributed by atoms with Crippen molar-refractivity contribution in [2.75, 3.05) is 33.3 Å². The van der Waals surface area contributed by atoms with E-state index in [2.05, 4.69) is 37.7 Å². The summed E-state index contributed by atoms with van der Waals surface area (Å²) in [6, 6.07) is 4.13. The van der Waals surface area contributed by atoms with Crippen LogP contribution < -0.4 is 0 Å². The van der Waals surface area contributed by atoms with E-state index in [0.717, 1.165) is 50.7 Å². The molecule has 6 nitrogen and oxygen atoms in total. The Bertz CT molecular complexity index is 638. The number of rotatable bonds is 6. The van der Waals surface area contributed by atoms with Gasteiger partial charge in [-0.2, -0.15) is 0 Å². The van der Waals surface area contributed by atoms with Crippen molar-refractivity contribution < 1.29 is 4.74 Å². The predicted octanol–water partition coefficient (Wildman–Crippen LogP) is 1.64. The van der Waals surface area contributed by atoms with E-state index in [0.29, 0.717) is 6.61 Å². The standard InChI is InChI=1S/C18H25N5O/c1-15-4-3-5-19-17(15)13-23-8-6-22(7-9-23)12-16-10-20-18(14-24-2)21-11-16/h3-5,10-11H,6-9,12-14H2,1-2H3. The van der Waals surface area contributed by atoms with Crippen molar-refractivity contribution in [2.45, 2.75) is 26.6 Å². The second-order valence-corrected chi connectivity index (χ2v) is 6.26. The Morgan fingerprint density at radius 2 is 1.67 bits per heavy atom. The lowest BCUT2D eigenvalue weighted by Crippen LogP contribution is -2.45. The molecule has 128 valence electrons. The fraction of sp³-hybridized carbons (Fsp3) is 0.500. The highest BCUT2D eigenvalue weighted by atomic mass is 16.5. The summed E-state index contributed by atoms with van der Waals surface area (Å²) >= 11 is 0. The second kappa shape index (κ2) is 8.28. The number of methoxy groups -OCH3 is 1. The van der Waals surface area contributed by atoms with E-state index in [4.69, 9.17) is 4.74 Å². The van der Waals surface area contributed by atoms with Gasteiger partial charge in [-0.1, -0.05) is 6.07 Å². The van der Waals surface area contributed by atoms with Gasteiger partial charge < -0.3 is 4.74 Å². The lowest BCUT2D eigenvalue weighted by Gasteiger charge is -2.34. The van der Waals surface area contributed by atoms with Crippen LogP contribution in [0.25, 0.3) is 0 Å². The molecule has 2 aromatic rings. The van der Waals surface area contributed by atoms with Crippen molar-refractivity contribution in [2.24, 2.45) is 0 Å². The van der Waals surface area contributed by atoms with Gasteiger partial charge in [-0.25, -0.2) is 9.97 Å². The number of aromatic nitrogens is 3. The summed E-state index contributed by atoms with van der Waals surface area (Å²) in [4.78, 5) is 18.1. The van der Waals surface area contributed by atoms with E-state index in [1.165, 1.54) is 11.3 Å². The molecular formula is C18H25N5O. The quantitative estimate of drug-likeness (QED) is 0.804. The van der Waals surface area contributed by atoms with Crippen molar-refractivity contribution in [1.29, 1.82) is 0 Å². The first-order chi connectivity index (χ1) is 11.7. The Hall–Kier alpha value is -1.89. The molecule has 6 heteroatoms. The highest BCUT2D eigenvalue weighted by molar-refractivity contribution is 5.17. The van der Waals surface area contributed by atoms with Crippen LogP contribution in [0.1, 0.15) is 22.6 Å². The number of hydrogen-bond donors (Lipinski definition) is 0. The molecule has 0 atom stereocenters. The Kier molecular flexibility index (Phi) is 5.85. The summed E-state index contributed by atoms with van der Waals surface area (Å²) in [5.74, 6) is 0.733. The van der Waals surface area contributed by atoms with E-state index in [-0.39, 0.29) is 0 Å². The molecule has 0 aliphatic carbocycles. The van der Waals surface area contributed by atoms with Gasteiger partial charge in [-0.15, -0.1) is 0 Å². The van der Waals surface area contributed by atoms with Crippen LogP contribution in [-0.2, 0) is 24.4 Å². The molecule has 0 spiro atoms. The van der Waals surface area contributed by atoms with Crippen LogP contribution in [0.2, 0.25) is 0 Å². The average molecular weight is 327 g/mol. The number of nitrogens with zero attached hydrogens (tertiary/aromatic N) is 5. The molecule has 0 N–H and O–H groups in total. The molecule has 1 saturated heterocycles. The maximum atomic E-state index is 5.04. The third-order valence-corrected chi connectivity index (χ3v) is 4.39. The Balaban J connectivity index is 1.47. The van der Waals surface area contributed by atoms with Gasteiger partial charge in [0.2, 0.25) is 0 Å². The minimum Gasteiger partial charge on any atom is -0.377 e. The summed E-state index contributed by atoms with van der Waals surface area (Å²) in [6.45, 7) is 8.70. The summed E-state index contributed by atoms with van der Waals surface area (Å²) in [5.41, 5.74) is 3.62. The smallest absolute Gasteiger partial charge is 0.153 e. The molecule has 0 unspecified atom stereocenters. The monoisotopic (exact) mass is 327 g/mol. The lowest BCUT2D eigenvalue weighted by molar-refractivity contribution is 0.120. The highest BCUT2D eigenvalue weighted by Gasteiger charge is 2.18. The van der Waals surface area contributed by atoms with Gasteiger partial charge in [0.05, 0.1) is 5.69 Å². The summed E-state index contributed by atoms with van der Waals surface area (Å²) in [7, 11) is 1.66. The van der Waals surface area contributed by atoms with E-state index in [1.807, 2.05) is 24.7 Å². The third kappa shape index (κ3) is 4.56. The molecule has 0 radical (unpaired) electrons. The first kappa shape index (κ1) is 17.0. The Labute approximate surface area is 143 Å². The fourth-order valence-corrected chi connectivity index (χ4v) is 2.93. The Morgan fingerprint density at radius 3 is 2.29 bits per heavy atom. The molecule has 24 heavy (non-hydrogen) atoms. The SMILES string of the molecule is COCc1ncc(CN2CCN(Cc3ncccc3C)CC2)cn1. The number of ether oxygens (including phenoxy) is 1. The van der Waals surface area contributed by atoms with Crippen molar-refractivity contribution in [1.82, 2.24) is 24.8 Å². The molecule has 0 bridgehead atoms. The summed E-state index contributed by atoms with van der Waals surface area (Å²) < 4.78 is 5.04. The van der Waals surface area contributed by atoms with Crippen molar-refractivity contribution >= 4 is 0 Å². The van der Waals surface area contributed by atoms with Gasteiger partial charge in [0.25, 0.3) is 0 Å². The van der Waals surface area contributed by atoms with Crippen LogP contribution in [0.3, 0.4) is 0 Å². The zero-order valence-electron chi connectivity index (χ0n) is 14.5. The molecule has 2 aromatic heterocycles. The van der Waals surface area contributed by atoms with Crippen LogP contribution in [0, 0.1) is 6.92 Å². The normalized spacial score (nSPS) is 16.4. The number of hydrogen-bond acceptors (Lipinski definition) is 6. The maximum absolute atomic E-state index is 5.04. The van der Waals surface area contributed by atoms with Gasteiger partial charge in [-0.05, 0) is 18.6 Å². The molecule has 1 fully saturated rings. The first-order valence-corrected chi connectivity index (χ1v) is 8.38. The fourth-order valence-electron chi connectivity index (χ4n) is 2.93. The molecule has 0 saturated carbocycles. The average Bonchev–Trinajstić information content (AvgIpc) is 2.61. The Morgan fingerprint density at radius 1 is 1.00 bits per heavy atom. The first-order valence-electron chi connectivity index (χ1n) is 8.38. The van der Waals surface area contributed by atoms with Gasteiger partial charge in [-0.3, -0.25) is 14.8 Å². The lowest BCUT2D eigenvalue weighted by atomic mass is 10.2. The van der Waals surface area contributed by atoms with Gasteiger partial charge in [0.1, 0.15) is 6.61 Å². The third-order valence-electron chi connectivity index (χ3n) is 4.39. The highest BCUT2D eigenvalue weighted by Crippen LogP contribution is 2.12. The predicted molar refractivity (Wildman–Crippen MR) is 92.3 cm³/mol. The van der Waals surface area contributed by atoms with E-state index < -0.39 is 0 Å². The summed E-state index contributed by atoms with van der Waals surface area (Å²) in [6.07, 6.45) is 5.70. The van der Waals surface area contributed by atoms with E-state index >= 15 is 0 Å². The van der Waals surface area contributed by atoms with Gasteiger partial charge in [0, 0.05) is 70.5 Å². The molecule has 0 aromatic carbocycles. The molecule has 3 heterocycles. The molecule has 0 amide bonds. The van der Waals surface area contributed by atoms with Gasteiger partial charge >= 0.3 is 0 Å². The van der Waals surface area contributed by atoms with Crippen LogP contribution in [0.4, 0.5) is 0 Å². The van der Waals surface area contributed by atoms with Crippen LogP contribution in [0.5, 0.6) is 0 Å². The zero-order chi connectivity index (χ0) is 16.8. The topological polar surface area (TPSA) is 54.4 Å².